The number of ketones is 1. The molecule has 1 aromatic heterocycles. The first-order valence-electron chi connectivity index (χ1n) is 9.57. The topological polar surface area (TPSA) is 30.0 Å². The molecule has 0 bridgehead atoms. The second-order valence-corrected chi connectivity index (χ2v) is 7.95. The standard InChI is InChI=1S/C23H29NO/c1-15(2)22-20(6-5-13-24-22)23(25)21-14-19(12-9-17(21)4)18-10-7-16(3)8-11-18/h5-6,9,12-16,18H,7-8,10-11H2,1-4H3. The molecule has 25 heavy (non-hydrogen) atoms. The zero-order valence-corrected chi connectivity index (χ0v) is 15.9. The van der Waals surface area contributed by atoms with E-state index in [-0.39, 0.29) is 11.7 Å². The Morgan fingerprint density at radius 3 is 2.48 bits per heavy atom. The molecule has 0 amide bonds. The maximum atomic E-state index is 13.2. The van der Waals surface area contributed by atoms with Crippen LogP contribution in [0.1, 0.15) is 91.0 Å². The molecule has 0 unspecified atom stereocenters. The number of carbonyl (C=O) groups is 1. The summed E-state index contributed by atoms with van der Waals surface area (Å²) in [5.74, 6) is 1.79. The third-order valence-electron chi connectivity index (χ3n) is 5.62. The van der Waals surface area contributed by atoms with E-state index >= 15 is 0 Å². The number of nitrogens with zero attached hydrogens (tertiary/aromatic N) is 1. The van der Waals surface area contributed by atoms with Crippen LogP contribution in [0.3, 0.4) is 0 Å². The Morgan fingerprint density at radius 2 is 1.80 bits per heavy atom. The molecule has 2 nitrogen and oxygen atoms in total. The molecule has 0 spiro atoms. The largest absolute Gasteiger partial charge is 0.289 e. The van der Waals surface area contributed by atoms with E-state index in [4.69, 9.17) is 0 Å². The maximum Gasteiger partial charge on any atom is 0.195 e. The highest BCUT2D eigenvalue weighted by Gasteiger charge is 2.23. The summed E-state index contributed by atoms with van der Waals surface area (Å²) in [6.07, 6.45) is 6.84. The SMILES string of the molecule is Cc1ccc(C2CCC(C)CC2)cc1C(=O)c1cccnc1C(C)C. The molecule has 2 aromatic rings. The predicted molar refractivity (Wildman–Crippen MR) is 103 cm³/mol. The highest BCUT2D eigenvalue weighted by Crippen LogP contribution is 2.36. The Labute approximate surface area is 151 Å². The van der Waals surface area contributed by atoms with Gasteiger partial charge in [0.25, 0.3) is 0 Å². The Bertz CT molecular complexity index is 754. The predicted octanol–water partition coefficient (Wildman–Crippen LogP) is 6.04. The van der Waals surface area contributed by atoms with Gasteiger partial charge in [0.05, 0.1) is 5.69 Å². The lowest BCUT2D eigenvalue weighted by atomic mass is 9.78. The monoisotopic (exact) mass is 335 g/mol. The summed E-state index contributed by atoms with van der Waals surface area (Å²) < 4.78 is 0. The molecule has 1 saturated carbocycles. The van der Waals surface area contributed by atoms with Crippen molar-refractivity contribution in [1.82, 2.24) is 4.98 Å². The van der Waals surface area contributed by atoms with E-state index < -0.39 is 0 Å². The zero-order chi connectivity index (χ0) is 18.0. The van der Waals surface area contributed by atoms with Gasteiger partial charge < -0.3 is 0 Å². The highest BCUT2D eigenvalue weighted by molar-refractivity contribution is 6.10. The first-order chi connectivity index (χ1) is 12.0. The Kier molecular flexibility index (Phi) is 5.36. The summed E-state index contributed by atoms with van der Waals surface area (Å²) in [7, 11) is 0. The van der Waals surface area contributed by atoms with Gasteiger partial charge in [-0.15, -0.1) is 0 Å². The molecule has 2 heteroatoms. The number of aromatic nitrogens is 1. The summed E-state index contributed by atoms with van der Waals surface area (Å²) in [4.78, 5) is 17.7. The van der Waals surface area contributed by atoms with Gasteiger partial charge in [0, 0.05) is 17.3 Å². The Morgan fingerprint density at radius 1 is 1.08 bits per heavy atom. The van der Waals surface area contributed by atoms with Crippen molar-refractivity contribution >= 4 is 5.78 Å². The van der Waals surface area contributed by atoms with E-state index in [1.807, 2.05) is 19.1 Å². The molecule has 1 aliphatic rings. The molecule has 1 heterocycles. The minimum absolute atomic E-state index is 0.111. The van der Waals surface area contributed by atoms with Gasteiger partial charge in [-0.3, -0.25) is 9.78 Å². The molecular weight excluding hydrogens is 306 g/mol. The van der Waals surface area contributed by atoms with Crippen LogP contribution in [0, 0.1) is 12.8 Å². The van der Waals surface area contributed by atoms with Crippen molar-refractivity contribution in [1.29, 1.82) is 0 Å². The zero-order valence-electron chi connectivity index (χ0n) is 15.9. The van der Waals surface area contributed by atoms with Gasteiger partial charge in [-0.05, 0) is 66.8 Å². The average Bonchev–Trinajstić information content (AvgIpc) is 2.62. The third kappa shape index (κ3) is 3.84. The van der Waals surface area contributed by atoms with Crippen LogP contribution in [0.25, 0.3) is 0 Å². The molecule has 0 saturated heterocycles. The van der Waals surface area contributed by atoms with Crippen LogP contribution < -0.4 is 0 Å². The van der Waals surface area contributed by atoms with E-state index in [0.717, 1.165) is 28.3 Å². The van der Waals surface area contributed by atoms with Gasteiger partial charge in [-0.25, -0.2) is 0 Å². The van der Waals surface area contributed by atoms with Gasteiger partial charge in [0.15, 0.2) is 5.78 Å². The summed E-state index contributed by atoms with van der Waals surface area (Å²) in [5.41, 5.74) is 4.86. The quantitative estimate of drug-likeness (QED) is 0.638. The number of carbonyl (C=O) groups excluding carboxylic acids is 1. The number of pyridine rings is 1. The average molecular weight is 335 g/mol. The fraction of sp³-hybridized carbons (Fsp3) is 0.478. The van der Waals surface area contributed by atoms with Crippen molar-refractivity contribution < 1.29 is 4.79 Å². The smallest absolute Gasteiger partial charge is 0.195 e. The van der Waals surface area contributed by atoms with Crippen molar-refractivity contribution in [3.8, 4) is 0 Å². The maximum absolute atomic E-state index is 13.2. The van der Waals surface area contributed by atoms with E-state index in [2.05, 4.69) is 44.0 Å². The second kappa shape index (κ2) is 7.51. The van der Waals surface area contributed by atoms with Crippen molar-refractivity contribution in [2.24, 2.45) is 5.92 Å². The normalized spacial score (nSPS) is 20.7. The summed E-state index contributed by atoms with van der Waals surface area (Å²) in [6.45, 7) is 8.55. The van der Waals surface area contributed by atoms with Crippen molar-refractivity contribution in [2.75, 3.05) is 0 Å². The van der Waals surface area contributed by atoms with Crippen LogP contribution in [0.15, 0.2) is 36.5 Å². The molecular formula is C23H29NO. The van der Waals surface area contributed by atoms with Gasteiger partial charge in [0.1, 0.15) is 0 Å². The van der Waals surface area contributed by atoms with Crippen LogP contribution in [-0.4, -0.2) is 10.8 Å². The minimum Gasteiger partial charge on any atom is -0.289 e. The third-order valence-corrected chi connectivity index (χ3v) is 5.62. The second-order valence-electron chi connectivity index (χ2n) is 7.95. The number of hydrogen-bond acceptors (Lipinski definition) is 2. The number of hydrogen-bond donors (Lipinski definition) is 0. The van der Waals surface area contributed by atoms with E-state index in [0.29, 0.717) is 5.92 Å². The number of benzene rings is 1. The first-order valence-corrected chi connectivity index (χ1v) is 9.57. The molecule has 0 radical (unpaired) electrons. The van der Waals surface area contributed by atoms with E-state index in [9.17, 15) is 4.79 Å². The minimum atomic E-state index is 0.111. The van der Waals surface area contributed by atoms with Gasteiger partial charge in [-0.2, -0.15) is 0 Å². The van der Waals surface area contributed by atoms with Gasteiger partial charge in [0.2, 0.25) is 0 Å². The Balaban J connectivity index is 1.94. The lowest BCUT2D eigenvalue weighted by molar-refractivity contribution is 0.103. The van der Waals surface area contributed by atoms with Crippen molar-refractivity contribution in [3.05, 3.63) is 64.5 Å². The molecule has 1 aromatic carbocycles. The molecule has 1 aliphatic carbocycles. The van der Waals surface area contributed by atoms with Crippen LogP contribution in [0.2, 0.25) is 0 Å². The lowest BCUT2D eigenvalue weighted by Gasteiger charge is -2.27. The fourth-order valence-corrected chi connectivity index (χ4v) is 3.95. The van der Waals surface area contributed by atoms with Gasteiger partial charge >= 0.3 is 0 Å². The van der Waals surface area contributed by atoms with Crippen LogP contribution in [0.4, 0.5) is 0 Å². The number of aryl methyl sites for hydroxylation is 1. The van der Waals surface area contributed by atoms with Crippen molar-refractivity contribution in [3.63, 3.8) is 0 Å². The van der Waals surface area contributed by atoms with Crippen molar-refractivity contribution in [2.45, 2.75) is 65.2 Å². The molecule has 1 fully saturated rings. The number of rotatable bonds is 4. The van der Waals surface area contributed by atoms with Crippen LogP contribution in [-0.2, 0) is 0 Å². The first kappa shape index (κ1) is 17.8. The molecule has 3 rings (SSSR count). The van der Waals surface area contributed by atoms with E-state index in [1.165, 1.54) is 31.2 Å². The fourth-order valence-electron chi connectivity index (χ4n) is 3.95. The van der Waals surface area contributed by atoms with Crippen LogP contribution >= 0.6 is 0 Å². The van der Waals surface area contributed by atoms with Crippen LogP contribution in [0.5, 0.6) is 0 Å². The summed E-state index contributed by atoms with van der Waals surface area (Å²) >= 11 is 0. The molecule has 132 valence electrons. The molecule has 0 N–H and O–H groups in total. The molecule has 0 atom stereocenters. The molecule has 0 aliphatic heterocycles. The van der Waals surface area contributed by atoms with E-state index in [1.54, 1.807) is 6.20 Å². The summed E-state index contributed by atoms with van der Waals surface area (Å²) in [5, 5.41) is 0. The lowest BCUT2D eigenvalue weighted by Crippen LogP contribution is -2.13. The van der Waals surface area contributed by atoms with Gasteiger partial charge in [-0.1, -0.05) is 45.7 Å². The Hall–Kier alpha value is -1.96. The summed E-state index contributed by atoms with van der Waals surface area (Å²) in [6, 6.07) is 10.3. The highest BCUT2D eigenvalue weighted by atomic mass is 16.1.